The maximum absolute atomic E-state index is 5.87. The van der Waals surface area contributed by atoms with Crippen LogP contribution in [0.1, 0.15) is 17.5 Å². The molecule has 1 aliphatic heterocycles. The van der Waals surface area contributed by atoms with Crippen LogP contribution in [-0.4, -0.2) is 25.7 Å². The monoisotopic (exact) mass is 370 g/mol. The zero-order valence-corrected chi connectivity index (χ0v) is 16.2. The van der Waals surface area contributed by atoms with Crippen LogP contribution in [0.5, 0.6) is 5.75 Å². The minimum absolute atomic E-state index is 0.863. The van der Waals surface area contributed by atoms with Crippen molar-refractivity contribution >= 4 is 35.2 Å². The Kier molecular flexibility index (Phi) is 6.54. The molecule has 0 aromatic heterocycles. The molecule has 2 nitrogen and oxygen atoms in total. The van der Waals surface area contributed by atoms with Crippen LogP contribution in [0.4, 0.5) is 0 Å². The molecule has 1 saturated heterocycles. The molecule has 3 rings (SSSR count). The molecule has 0 N–H and O–H groups in total. The lowest BCUT2D eigenvalue weighted by Gasteiger charge is -2.19. The summed E-state index contributed by atoms with van der Waals surface area (Å²) in [5.41, 5.74) is 3.40. The van der Waals surface area contributed by atoms with E-state index in [2.05, 4.69) is 42.5 Å². The van der Waals surface area contributed by atoms with E-state index in [1.165, 1.54) is 10.7 Å². The largest absolute Gasteiger partial charge is 0.497 e. The maximum Gasteiger partial charge on any atom is 0.146 e. The summed E-state index contributed by atoms with van der Waals surface area (Å²) in [4.78, 5) is 0. The fourth-order valence-electron chi connectivity index (χ4n) is 2.63. The second-order valence-corrected chi connectivity index (χ2v) is 8.04. The molecule has 0 unspecified atom stereocenters. The van der Waals surface area contributed by atoms with Crippen LogP contribution in [0, 0.1) is 0 Å². The van der Waals surface area contributed by atoms with Crippen molar-refractivity contribution in [2.24, 2.45) is 0 Å². The first kappa shape index (κ1) is 18.0. The van der Waals surface area contributed by atoms with Gasteiger partial charge in [-0.25, -0.2) is 0 Å². The SMILES string of the molecule is COC(=C1SCCCS1)/C(=C/c1ccc(OC)cc1)c1ccccc1. The molecule has 1 heterocycles. The third kappa shape index (κ3) is 4.65. The van der Waals surface area contributed by atoms with E-state index in [1.54, 1.807) is 14.2 Å². The lowest BCUT2D eigenvalue weighted by molar-refractivity contribution is 0.311. The molecule has 0 spiro atoms. The first-order valence-electron chi connectivity index (χ1n) is 8.27. The molecule has 0 bridgehead atoms. The van der Waals surface area contributed by atoms with E-state index in [0.29, 0.717) is 0 Å². The summed E-state index contributed by atoms with van der Waals surface area (Å²) in [6, 6.07) is 18.5. The Balaban J connectivity index is 2.07. The van der Waals surface area contributed by atoms with Crippen molar-refractivity contribution in [3.63, 3.8) is 0 Å². The van der Waals surface area contributed by atoms with Gasteiger partial charge in [-0.3, -0.25) is 0 Å². The van der Waals surface area contributed by atoms with E-state index in [9.17, 15) is 0 Å². The summed E-state index contributed by atoms with van der Waals surface area (Å²) in [5.74, 6) is 4.14. The quantitative estimate of drug-likeness (QED) is 0.480. The van der Waals surface area contributed by atoms with E-state index in [0.717, 1.165) is 39.7 Å². The highest BCUT2D eigenvalue weighted by Gasteiger charge is 2.18. The zero-order valence-electron chi connectivity index (χ0n) is 14.5. The van der Waals surface area contributed by atoms with E-state index in [-0.39, 0.29) is 0 Å². The van der Waals surface area contributed by atoms with Gasteiger partial charge in [-0.15, -0.1) is 23.5 Å². The van der Waals surface area contributed by atoms with Crippen molar-refractivity contribution in [2.75, 3.05) is 25.7 Å². The molecule has 2 aromatic carbocycles. The standard InChI is InChI=1S/C21H22O2S2/c1-22-18-11-9-16(10-12-18)15-19(17-7-4-3-5-8-17)20(23-2)21-24-13-6-14-25-21/h3-5,7-12,15H,6,13-14H2,1-2H3/b19-15+. The summed E-state index contributed by atoms with van der Waals surface area (Å²) >= 11 is 3.78. The predicted octanol–water partition coefficient (Wildman–Crippen LogP) is 5.92. The highest BCUT2D eigenvalue weighted by atomic mass is 32.2. The van der Waals surface area contributed by atoms with Crippen LogP contribution in [0.2, 0.25) is 0 Å². The number of benzene rings is 2. The lowest BCUT2D eigenvalue weighted by Crippen LogP contribution is -2.00. The minimum Gasteiger partial charge on any atom is -0.497 e. The summed E-state index contributed by atoms with van der Waals surface area (Å²) in [6.07, 6.45) is 3.44. The number of ether oxygens (including phenoxy) is 2. The van der Waals surface area contributed by atoms with Gasteiger partial charge in [0.05, 0.1) is 18.5 Å². The van der Waals surface area contributed by atoms with Gasteiger partial charge in [0, 0.05) is 5.57 Å². The van der Waals surface area contributed by atoms with Gasteiger partial charge in [0.15, 0.2) is 0 Å². The van der Waals surface area contributed by atoms with Crippen molar-refractivity contribution in [3.05, 3.63) is 75.7 Å². The Morgan fingerprint density at radius 1 is 0.920 bits per heavy atom. The number of thioether (sulfide) groups is 2. The van der Waals surface area contributed by atoms with Crippen LogP contribution >= 0.6 is 23.5 Å². The van der Waals surface area contributed by atoms with Crippen molar-refractivity contribution < 1.29 is 9.47 Å². The Morgan fingerprint density at radius 3 is 2.20 bits per heavy atom. The smallest absolute Gasteiger partial charge is 0.146 e. The minimum atomic E-state index is 0.863. The van der Waals surface area contributed by atoms with Crippen molar-refractivity contribution in [2.45, 2.75) is 6.42 Å². The first-order valence-corrected chi connectivity index (χ1v) is 10.2. The van der Waals surface area contributed by atoms with Gasteiger partial charge in [-0.05, 0) is 47.3 Å². The molecule has 130 valence electrons. The number of methoxy groups -OCH3 is 2. The molecule has 25 heavy (non-hydrogen) atoms. The molecule has 0 saturated carbocycles. The molecule has 2 aromatic rings. The molecule has 1 aliphatic rings. The van der Waals surface area contributed by atoms with E-state index >= 15 is 0 Å². The molecule has 4 heteroatoms. The van der Waals surface area contributed by atoms with E-state index in [4.69, 9.17) is 9.47 Å². The highest BCUT2D eigenvalue weighted by molar-refractivity contribution is 8.22. The summed E-state index contributed by atoms with van der Waals surface area (Å²) in [6.45, 7) is 0. The topological polar surface area (TPSA) is 18.5 Å². The van der Waals surface area contributed by atoms with Crippen LogP contribution in [-0.2, 0) is 4.74 Å². The fourth-order valence-corrected chi connectivity index (χ4v) is 5.24. The summed E-state index contributed by atoms with van der Waals surface area (Å²) in [7, 11) is 3.45. The van der Waals surface area contributed by atoms with Gasteiger partial charge in [-0.2, -0.15) is 0 Å². The number of hydrogen-bond acceptors (Lipinski definition) is 4. The Bertz CT molecular complexity index is 741. The van der Waals surface area contributed by atoms with Gasteiger partial charge in [0.2, 0.25) is 0 Å². The van der Waals surface area contributed by atoms with Crippen LogP contribution in [0.25, 0.3) is 11.6 Å². The predicted molar refractivity (Wildman–Crippen MR) is 111 cm³/mol. The van der Waals surface area contributed by atoms with Gasteiger partial charge in [-0.1, -0.05) is 42.5 Å². The van der Waals surface area contributed by atoms with Crippen molar-refractivity contribution in [1.82, 2.24) is 0 Å². The second kappa shape index (κ2) is 9.07. The normalized spacial score (nSPS) is 15.0. The van der Waals surface area contributed by atoms with Crippen LogP contribution < -0.4 is 4.74 Å². The first-order chi connectivity index (χ1) is 12.3. The molecular formula is C21H22O2S2. The van der Waals surface area contributed by atoms with Crippen LogP contribution in [0.3, 0.4) is 0 Å². The summed E-state index contributed by atoms with van der Waals surface area (Å²) in [5, 5.41) is 0. The summed E-state index contributed by atoms with van der Waals surface area (Å²) < 4.78 is 12.4. The van der Waals surface area contributed by atoms with Gasteiger partial charge >= 0.3 is 0 Å². The Morgan fingerprint density at radius 2 is 1.60 bits per heavy atom. The fraction of sp³-hybridized carbons (Fsp3) is 0.238. The third-order valence-corrected chi connectivity index (χ3v) is 6.49. The number of hydrogen-bond donors (Lipinski definition) is 0. The molecule has 0 aliphatic carbocycles. The van der Waals surface area contributed by atoms with Gasteiger partial charge in [0.25, 0.3) is 0 Å². The number of rotatable bonds is 5. The van der Waals surface area contributed by atoms with Crippen molar-refractivity contribution in [1.29, 1.82) is 0 Å². The van der Waals surface area contributed by atoms with Gasteiger partial charge < -0.3 is 9.47 Å². The molecule has 1 fully saturated rings. The molecule has 0 radical (unpaired) electrons. The Labute approximate surface area is 158 Å². The molecular weight excluding hydrogens is 348 g/mol. The second-order valence-electron chi connectivity index (χ2n) is 5.57. The zero-order chi connectivity index (χ0) is 17.5. The third-order valence-electron chi connectivity index (χ3n) is 3.90. The number of allylic oxidation sites excluding steroid dienone is 1. The average molecular weight is 371 g/mol. The van der Waals surface area contributed by atoms with E-state index < -0.39 is 0 Å². The van der Waals surface area contributed by atoms with E-state index in [1.807, 2.05) is 41.7 Å². The molecule has 0 amide bonds. The lowest BCUT2D eigenvalue weighted by atomic mass is 10.0. The Hall–Kier alpha value is -1.78. The van der Waals surface area contributed by atoms with Gasteiger partial charge in [0.1, 0.15) is 11.5 Å². The van der Waals surface area contributed by atoms with Crippen molar-refractivity contribution in [3.8, 4) is 5.75 Å². The highest BCUT2D eigenvalue weighted by Crippen LogP contribution is 2.42. The average Bonchev–Trinajstić information content (AvgIpc) is 2.70. The molecule has 0 atom stereocenters. The van der Waals surface area contributed by atoms with Crippen LogP contribution in [0.15, 0.2) is 64.6 Å². The maximum atomic E-state index is 5.87.